The minimum Gasteiger partial charge on any atom is -0.480 e. The molecule has 0 aliphatic carbocycles. The second-order valence-corrected chi connectivity index (χ2v) is 4.44. The highest BCUT2D eigenvalue weighted by atomic mass is 19.3. The number of alkyl halides is 2. The van der Waals surface area contributed by atoms with Gasteiger partial charge in [-0.3, -0.25) is 4.79 Å². The van der Waals surface area contributed by atoms with Crippen LogP contribution in [0, 0.1) is 6.92 Å². The molecule has 2 aromatic heterocycles. The first-order valence-corrected chi connectivity index (χ1v) is 6.06. The molecule has 112 valence electrons. The predicted molar refractivity (Wildman–Crippen MR) is 68.3 cm³/mol. The molecule has 0 saturated heterocycles. The number of furan rings is 1. The molecule has 0 aliphatic rings. The van der Waals surface area contributed by atoms with Crippen LogP contribution in [0.5, 0.6) is 0 Å². The summed E-state index contributed by atoms with van der Waals surface area (Å²) in [7, 11) is 0. The lowest BCUT2D eigenvalue weighted by Gasteiger charge is -2.12. The molecule has 1 amide bonds. The Kier molecular flexibility index (Phi) is 4.15. The van der Waals surface area contributed by atoms with E-state index in [-0.39, 0.29) is 5.76 Å². The number of carboxylic acids is 1. The van der Waals surface area contributed by atoms with Gasteiger partial charge >= 0.3 is 5.97 Å². The lowest BCUT2D eigenvalue weighted by Crippen LogP contribution is -2.41. The highest BCUT2D eigenvalue weighted by molar-refractivity contribution is 5.97. The molecule has 2 heterocycles. The molecule has 0 bridgehead atoms. The quantitative estimate of drug-likeness (QED) is 0.880. The van der Waals surface area contributed by atoms with Crippen molar-refractivity contribution in [3.8, 4) is 0 Å². The van der Waals surface area contributed by atoms with E-state index in [0.717, 1.165) is 5.69 Å². The number of hydrogen-bond donors (Lipinski definition) is 2. The van der Waals surface area contributed by atoms with E-state index in [9.17, 15) is 18.4 Å². The molecule has 2 rings (SSSR count). The molecule has 0 aliphatic heterocycles. The van der Waals surface area contributed by atoms with Gasteiger partial charge in [-0.15, -0.1) is 0 Å². The van der Waals surface area contributed by atoms with Crippen LogP contribution in [0.4, 0.5) is 8.78 Å². The van der Waals surface area contributed by atoms with Crippen LogP contribution in [-0.2, 0) is 4.79 Å². The third-order valence-electron chi connectivity index (χ3n) is 2.75. The zero-order chi connectivity index (χ0) is 15.6. The minimum atomic E-state index is -2.84. The molecule has 2 N–H and O–H groups in total. The molecule has 0 saturated carbocycles. The van der Waals surface area contributed by atoms with Gasteiger partial charge in [0.25, 0.3) is 5.91 Å². The average molecular weight is 298 g/mol. The lowest BCUT2D eigenvalue weighted by molar-refractivity contribution is -0.140. The molecule has 1 atom stereocenters. The van der Waals surface area contributed by atoms with Gasteiger partial charge in [-0.05, 0) is 19.1 Å². The van der Waals surface area contributed by atoms with Gasteiger partial charge in [0.05, 0.1) is 0 Å². The molecular weight excluding hydrogens is 286 g/mol. The monoisotopic (exact) mass is 298 g/mol. The van der Waals surface area contributed by atoms with Crippen molar-refractivity contribution in [2.24, 2.45) is 0 Å². The number of pyridine rings is 1. The summed E-state index contributed by atoms with van der Waals surface area (Å²) < 4.78 is 29.7. The molecule has 8 heteroatoms. The second kappa shape index (κ2) is 5.86. The Hall–Kier alpha value is -2.51. The van der Waals surface area contributed by atoms with E-state index < -0.39 is 30.8 Å². The number of fused-ring (bicyclic) bond motifs is 1. The Morgan fingerprint density at radius 3 is 2.76 bits per heavy atom. The summed E-state index contributed by atoms with van der Waals surface area (Å²) in [5, 5.41) is 10.8. The van der Waals surface area contributed by atoms with Crippen LogP contribution in [0.1, 0.15) is 22.7 Å². The first-order valence-electron chi connectivity index (χ1n) is 6.06. The SMILES string of the molecule is Cc1ccc2oc(C(=O)NC(CC(F)F)C(=O)O)cc2n1. The molecule has 2 aromatic rings. The van der Waals surface area contributed by atoms with Crippen molar-refractivity contribution in [1.29, 1.82) is 0 Å². The maximum absolute atomic E-state index is 12.3. The first-order chi connectivity index (χ1) is 9.86. The number of aryl methyl sites for hydroxylation is 1. The number of carbonyl (C=O) groups is 2. The van der Waals surface area contributed by atoms with Gasteiger partial charge in [0.2, 0.25) is 6.43 Å². The van der Waals surface area contributed by atoms with Gasteiger partial charge in [-0.2, -0.15) is 0 Å². The van der Waals surface area contributed by atoms with Gasteiger partial charge < -0.3 is 14.8 Å². The smallest absolute Gasteiger partial charge is 0.326 e. The topological polar surface area (TPSA) is 92.4 Å². The highest BCUT2D eigenvalue weighted by Crippen LogP contribution is 2.18. The summed E-state index contributed by atoms with van der Waals surface area (Å²) >= 11 is 0. The first kappa shape index (κ1) is 14.9. The maximum Gasteiger partial charge on any atom is 0.326 e. The fraction of sp³-hybridized carbons (Fsp3) is 0.308. The van der Waals surface area contributed by atoms with E-state index >= 15 is 0 Å². The summed E-state index contributed by atoms with van der Waals surface area (Å²) in [5.41, 5.74) is 1.50. The van der Waals surface area contributed by atoms with Crippen LogP contribution in [0.3, 0.4) is 0 Å². The number of carbonyl (C=O) groups excluding carboxylic acids is 1. The number of amides is 1. The number of aromatic nitrogens is 1. The van der Waals surface area contributed by atoms with Crippen LogP contribution in [0.15, 0.2) is 22.6 Å². The van der Waals surface area contributed by atoms with E-state index in [1.807, 2.05) is 5.32 Å². The van der Waals surface area contributed by atoms with Crippen molar-refractivity contribution in [2.45, 2.75) is 25.8 Å². The Labute approximate surface area is 117 Å². The third-order valence-corrected chi connectivity index (χ3v) is 2.75. The second-order valence-electron chi connectivity index (χ2n) is 4.44. The fourth-order valence-corrected chi connectivity index (χ4v) is 1.77. The number of halogens is 2. The zero-order valence-corrected chi connectivity index (χ0v) is 11.0. The molecule has 21 heavy (non-hydrogen) atoms. The average Bonchev–Trinajstić information content (AvgIpc) is 2.80. The van der Waals surface area contributed by atoms with Crippen molar-refractivity contribution in [3.63, 3.8) is 0 Å². The van der Waals surface area contributed by atoms with E-state index in [2.05, 4.69) is 4.98 Å². The van der Waals surface area contributed by atoms with Gasteiger partial charge in [-0.1, -0.05) is 0 Å². The number of nitrogens with one attached hydrogen (secondary N) is 1. The van der Waals surface area contributed by atoms with Crippen LogP contribution in [-0.4, -0.2) is 34.4 Å². The van der Waals surface area contributed by atoms with Crippen molar-refractivity contribution in [2.75, 3.05) is 0 Å². The van der Waals surface area contributed by atoms with Crippen LogP contribution in [0.2, 0.25) is 0 Å². The highest BCUT2D eigenvalue weighted by Gasteiger charge is 2.26. The van der Waals surface area contributed by atoms with Crippen molar-refractivity contribution >= 4 is 23.0 Å². The Morgan fingerprint density at radius 2 is 2.14 bits per heavy atom. The Bertz CT molecular complexity index is 684. The normalized spacial score (nSPS) is 12.6. The number of carboxylic acid groups (broad SMARTS) is 1. The molecule has 6 nitrogen and oxygen atoms in total. The predicted octanol–water partition coefficient (Wildman–Crippen LogP) is 1.97. The number of nitrogens with zero attached hydrogens (tertiary/aromatic N) is 1. The number of rotatable bonds is 5. The third kappa shape index (κ3) is 3.53. The summed E-state index contributed by atoms with van der Waals surface area (Å²) in [6.07, 6.45) is -3.81. The Balaban J connectivity index is 2.19. The molecule has 0 fully saturated rings. The molecule has 0 aromatic carbocycles. The molecule has 1 unspecified atom stereocenters. The van der Waals surface area contributed by atoms with Crippen LogP contribution < -0.4 is 5.32 Å². The van der Waals surface area contributed by atoms with E-state index in [1.54, 1.807) is 19.1 Å². The van der Waals surface area contributed by atoms with Gasteiger partial charge in [-0.25, -0.2) is 18.6 Å². The van der Waals surface area contributed by atoms with Gasteiger partial charge in [0.1, 0.15) is 11.6 Å². The van der Waals surface area contributed by atoms with Gasteiger partial charge in [0.15, 0.2) is 11.3 Å². The van der Waals surface area contributed by atoms with Crippen LogP contribution >= 0.6 is 0 Å². The van der Waals surface area contributed by atoms with E-state index in [1.165, 1.54) is 6.07 Å². The summed E-state index contributed by atoms with van der Waals surface area (Å²) in [6, 6.07) is 2.95. The Morgan fingerprint density at radius 1 is 1.43 bits per heavy atom. The summed E-state index contributed by atoms with van der Waals surface area (Å²) in [5.74, 6) is -2.59. The van der Waals surface area contributed by atoms with Crippen molar-refractivity contribution in [3.05, 3.63) is 29.7 Å². The standard InChI is InChI=1S/C13H12F2N2O4/c1-6-2-3-9-7(16-6)4-10(21-9)12(18)17-8(13(19)20)5-11(14)15/h2-4,8,11H,5H2,1H3,(H,17,18)(H,19,20). The van der Waals surface area contributed by atoms with Crippen molar-refractivity contribution in [1.82, 2.24) is 10.3 Å². The summed E-state index contributed by atoms with van der Waals surface area (Å²) in [6.45, 7) is 1.76. The zero-order valence-electron chi connectivity index (χ0n) is 11.0. The molecular formula is C13H12F2N2O4. The minimum absolute atomic E-state index is 0.177. The molecule has 0 radical (unpaired) electrons. The van der Waals surface area contributed by atoms with E-state index in [4.69, 9.17) is 9.52 Å². The molecule has 0 spiro atoms. The summed E-state index contributed by atoms with van der Waals surface area (Å²) in [4.78, 5) is 26.8. The van der Waals surface area contributed by atoms with Gasteiger partial charge in [0, 0.05) is 18.2 Å². The number of aliphatic carboxylic acids is 1. The number of hydrogen-bond acceptors (Lipinski definition) is 4. The van der Waals surface area contributed by atoms with E-state index in [0.29, 0.717) is 11.1 Å². The lowest BCUT2D eigenvalue weighted by atomic mass is 10.2. The largest absolute Gasteiger partial charge is 0.480 e. The van der Waals surface area contributed by atoms with Crippen molar-refractivity contribution < 1.29 is 27.9 Å². The van der Waals surface area contributed by atoms with Crippen LogP contribution in [0.25, 0.3) is 11.1 Å². The fourth-order valence-electron chi connectivity index (χ4n) is 1.77. The maximum atomic E-state index is 12.3.